The van der Waals surface area contributed by atoms with Crippen molar-refractivity contribution >= 4 is 45.3 Å². The molecule has 2 aromatic heterocycles. The van der Waals surface area contributed by atoms with Crippen LogP contribution < -0.4 is 10.1 Å². The summed E-state index contributed by atoms with van der Waals surface area (Å²) in [5.74, 6) is 2.73. The topological polar surface area (TPSA) is 155 Å². The van der Waals surface area contributed by atoms with Gasteiger partial charge in [0, 0.05) is 54.9 Å². The molecule has 0 radical (unpaired) electrons. The van der Waals surface area contributed by atoms with Crippen LogP contribution in [0.15, 0.2) is 48.2 Å². The van der Waals surface area contributed by atoms with Gasteiger partial charge >= 0.3 is 6.09 Å². The molecule has 2 fully saturated rings. The van der Waals surface area contributed by atoms with Gasteiger partial charge in [-0.15, -0.1) is 0 Å². The SMILES string of the molecule is CCCC(=O)N1[C@@H](C)CC[C@H]1c1nc2ccc3cc4c(cc3c2[nH]1)OCC1=C4C=CC(c2cnc([C@@H]3C[C@H](C)CN3C(=O)C(NC(=O)OC)[C@@H](C)OC)[nH]2)C1. The summed E-state index contributed by atoms with van der Waals surface area (Å²) < 4.78 is 16.7. The summed E-state index contributed by atoms with van der Waals surface area (Å²) in [6.45, 7) is 9.09. The Morgan fingerprint density at radius 3 is 2.71 bits per heavy atom. The van der Waals surface area contributed by atoms with Crippen LogP contribution in [0.2, 0.25) is 0 Å². The van der Waals surface area contributed by atoms with Gasteiger partial charge in [-0.2, -0.15) is 0 Å². The summed E-state index contributed by atoms with van der Waals surface area (Å²) in [5, 5.41) is 4.81. The van der Waals surface area contributed by atoms with E-state index in [0.29, 0.717) is 19.6 Å². The molecule has 3 N–H and O–H groups in total. The lowest BCUT2D eigenvalue weighted by Gasteiger charge is -2.30. The molecule has 13 nitrogen and oxygen atoms in total. The first kappa shape index (κ1) is 36.8. The number of aromatic nitrogens is 4. The van der Waals surface area contributed by atoms with Crippen LogP contribution in [0.3, 0.4) is 0 Å². The average Bonchev–Trinajstić information content (AvgIpc) is 4.01. The van der Waals surface area contributed by atoms with Gasteiger partial charge in [0.2, 0.25) is 11.8 Å². The molecule has 2 unspecified atom stereocenters. The van der Waals surface area contributed by atoms with Crippen LogP contribution in [0.4, 0.5) is 4.79 Å². The number of carbonyl (C=O) groups excluding carboxylic acids is 3. The minimum absolute atomic E-state index is 0.0417. The van der Waals surface area contributed by atoms with E-state index >= 15 is 0 Å². The maximum absolute atomic E-state index is 13.8. The number of hydrogen-bond donors (Lipinski definition) is 3. The highest BCUT2D eigenvalue weighted by Gasteiger charge is 2.41. The number of nitrogens with one attached hydrogen (secondary N) is 3. The number of imidazole rings is 2. The quantitative estimate of drug-likeness (QED) is 0.168. The third kappa shape index (κ3) is 6.66. The van der Waals surface area contributed by atoms with Crippen LogP contribution in [0, 0.1) is 5.92 Å². The zero-order valence-corrected chi connectivity index (χ0v) is 32.5. The largest absolute Gasteiger partial charge is 0.489 e. The Labute approximate surface area is 320 Å². The van der Waals surface area contributed by atoms with E-state index in [1.165, 1.54) is 25.4 Å². The third-order valence-electron chi connectivity index (χ3n) is 12.1. The number of rotatable bonds is 9. The standard InChI is InChI=1S/C42H51N7O6/c1-7-8-36(50)49-23(3)9-14-33(49)40-44-31-13-11-25-17-30-28-12-10-26(16-27(28)21-55-35(30)18-29(25)38(31)46-40)32-19-43-39(45-32)34-15-22(2)20-48(34)41(51)37(24(4)53-5)47-42(52)54-6/h10-13,17-19,22-24,26,33-34,37H,7-9,14-16,20-21H2,1-6H3,(H,43,45)(H,44,46)(H,47,52)/t22-,23-,24+,26?,33-,34-,37?/m0/s1. The molecule has 2 saturated heterocycles. The number of allylic oxidation sites excluding steroid dienone is 3. The molecule has 4 aliphatic rings. The van der Waals surface area contributed by atoms with Gasteiger partial charge in [-0.25, -0.2) is 14.8 Å². The lowest BCUT2D eigenvalue weighted by atomic mass is 9.83. The van der Waals surface area contributed by atoms with Gasteiger partial charge in [-0.05, 0) is 86.6 Å². The van der Waals surface area contributed by atoms with Gasteiger partial charge < -0.3 is 39.3 Å². The molecule has 13 heteroatoms. The Bertz CT molecular complexity index is 2200. The summed E-state index contributed by atoms with van der Waals surface area (Å²) in [7, 11) is 2.79. The van der Waals surface area contributed by atoms with Crippen molar-refractivity contribution in [3.63, 3.8) is 0 Å². The van der Waals surface area contributed by atoms with Crippen LogP contribution in [-0.4, -0.2) is 93.2 Å². The monoisotopic (exact) mass is 749 g/mol. The van der Waals surface area contributed by atoms with Crippen LogP contribution in [0.1, 0.15) is 107 Å². The Morgan fingerprint density at radius 2 is 1.93 bits per heavy atom. The smallest absolute Gasteiger partial charge is 0.407 e. The molecule has 290 valence electrons. The highest BCUT2D eigenvalue weighted by atomic mass is 16.5. The first-order valence-electron chi connectivity index (χ1n) is 19.6. The second-order valence-electron chi connectivity index (χ2n) is 15.7. The van der Waals surface area contributed by atoms with Gasteiger partial charge in [0.1, 0.15) is 30.0 Å². The Balaban J connectivity index is 1.02. The van der Waals surface area contributed by atoms with Crippen molar-refractivity contribution in [1.29, 1.82) is 0 Å². The zero-order chi connectivity index (χ0) is 38.5. The molecule has 5 heterocycles. The number of amides is 3. The van der Waals surface area contributed by atoms with E-state index in [-0.39, 0.29) is 41.8 Å². The first-order chi connectivity index (χ1) is 26.6. The molecule has 4 aromatic rings. The van der Waals surface area contributed by atoms with E-state index in [9.17, 15) is 14.4 Å². The molecule has 8 rings (SSSR count). The fourth-order valence-corrected chi connectivity index (χ4v) is 9.06. The van der Waals surface area contributed by atoms with Crippen LogP contribution in [-0.2, 0) is 19.1 Å². The molecule has 2 aromatic carbocycles. The molecule has 0 spiro atoms. The summed E-state index contributed by atoms with van der Waals surface area (Å²) in [6, 6.07) is 7.54. The normalized spacial score (nSPS) is 24.5. The number of carbonyl (C=O) groups is 3. The summed E-state index contributed by atoms with van der Waals surface area (Å²) >= 11 is 0. The third-order valence-corrected chi connectivity index (χ3v) is 12.1. The molecule has 7 atom stereocenters. The predicted octanol–water partition coefficient (Wildman–Crippen LogP) is 6.85. The van der Waals surface area contributed by atoms with Crippen molar-refractivity contribution in [3.8, 4) is 5.75 Å². The van der Waals surface area contributed by atoms with E-state index in [0.717, 1.165) is 82.6 Å². The van der Waals surface area contributed by atoms with Gasteiger partial charge in [0.15, 0.2) is 0 Å². The number of fused-ring (bicyclic) bond motifs is 5. The average molecular weight is 750 g/mol. The second kappa shape index (κ2) is 14.8. The number of aromatic amines is 2. The van der Waals surface area contributed by atoms with Crippen molar-refractivity contribution in [1.82, 2.24) is 35.1 Å². The molecule has 0 saturated carbocycles. The summed E-state index contributed by atoms with van der Waals surface area (Å²) in [6.07, 6.45) is 9.87. The van der Waals surface area contributed by atoms with E-state index in [1.54, 1.807) is 11.8 Å². The Kier molecular flexibility index (Phi) is 9.91. The number of alkyl carbamates (subject to hydrolysis) is 1. The van der Waals surface area contributed by atoms with Crippen molar-refractivity contribution in [2.45, 2.75) is 102 Å². The van der Waals surface area contributed by atoms with Gasteiger partial charge in [0.05, 0.1) is 36.3 Å². The Morgan fingerprint density at radius 1 is 1.09 bits per heavy atom. The fraction of sp³-hybridized carbons (Fsp3) is 0.500. The number of hydrogen-bond acceptors (Lipinski definition) is 8. The molecule has 3 aliphatic heterocycles. The number of likely N-dealkylation sites (tertiary alicyclic amines) is 2. The minimum Gasteiger partial charge on any atom is -0.489 e. The number of methoxy groups -OCH3 is 2. The van der Waals surface area contributed by atoms with Crippen molar-refractivity contribution in [2.24, 2.45) is 5.92 Å². The highest BCUT2D eigenvalue weighted by Crippen LogP contribution is 2.45. The molecule has 55 heavy (non-hydrogen) atoms. The van der Waals surface area contributed by atoms with Crippen molar-refractivity contribution in [3.05, 3.63) is 71.1 Å². The number of ether oxygens (including phenoxy) is 3. The lowest BCUT2D eigenvalue weighted by Crippen LogP contribution is -2.54. The second-order valence-corrected chi connectivity index (χ2v) is 15.7. The number of nitrogens with zero attached hydrogens (tertiary/aromatic N) is 4. The summed E-state index contributed by atoms with van der Waals surface area (Å²) in [4.78, 5) is 59.8. The van der Waals surface area contributed by atoms with Gasteiger partial charge in [0.25, 0.3) is 0 Å². The van der Waals surface area contributed by atoms with Crippen LogP contribution in [0.25, 0.3) is 27.4 Å². The minimum atomic E-state index is -0.894. The van der Waals surface area contributed by atoms with E-state index in [1.807, 2.05) is 18.0 Å². The molecule has 1 aliphatic carbocycles. The maximum Gasteiger partial charge on any atom is 0.407 e. The highest BCUT2D eigenvalue weighted by molar-refractivity contribution is 6.06. The van der Waals surface area contributed by atoms with Crippen molar-refractivity contribution < 1.29 is 28.6 Å². The first-order valence-corrected chi connectivity index (χ1v) is 19.6. The molecular weight excluding hydrogens is 699 g/mol. The number of H-pyrrole nitrogens is 2. The van der Waals surface area contributed by atoms with Gasteiger partial charge in [-0.1, -0.05) is 32.1 Å². The van der Waals surface area contributed by atoms with Crippen molar-refractivity contribution in [2.75, 3.05) is 27.4 Å². The molecule has 3 amide bonds. The summed E-state index contributed by atoms with van der Waals surface area (Å²) in [5.41, 5.74) is 6.32. The zero-order valence-electron chi connectivity index (χ0n) is 32.5. The van der Waals surface area contributed by atoms with Crippen LogP contribution >= 0.6 is 0 Å². The van der Waals surface area contributed by atoms with E-state index < -0.39 is 18.2 Å². The lowest BCUT2D eigenvalue weighted by molar-refractivity contribution is -0.137. The molecule has 0 bridgehead atoms. The Hall–Kier alpha value is -5.17. The number of benzene rings is 2. The van der Waals surface area contributed by atoms with Crippen LogP contribution in [0.5, 0.6) is 5.75 Å². The fourth-order valence-electron chi connectivity index (χ4n) is 9.06. The molecular formula is C42H51N7O6. The predicted molar refractivity (Wildman–Crippen MR) is 208 cm³/mol. The van der Waals surface area contributed by atoms with Gasteiger partial charge in [-0.3, -0.25) is 9.59 Å². The maximum atomic E-state index is 13.8. The van der Waals surface area contributed by atoms with E-state index in [2.05, 4.69) is 65.5 Å². The van der Waals surface area contributed by atoms with E-state index in [4.69, 9.17) is 24.2 Å².